The Hall–Kier alpha value is -0.0800. The molecule has 1 aliphatic rings. The normalized spacial score (nSPS) is 27.7. The fourth-order valence-corrected chi connectivity index (χ4v) is 2.44. The zero-order valence-electron chi connectivity index (χ0n) is 12.3. The van der Waals surface area contributed by atoms with E-state index in [1.165, 1.54) is 57.8 Å². The molecule has 0 amide bonds. The maximum Gasteiger partial charge on any atom is 0.145 e. The van der Waals surface area contributed by atoms with Crippen LogP contribution in [0.4, 0.5) is 0 Å². The van der Waals surface area contributed by atoms with Gasteiger partial charge in [-0.05, 0) is 27.4 Å². The van der Waals surface area contributed by atoms with Crippen molar-refractivity contribution in [2.24, 2.45) is 0 Å². The van der Waals surface area contributed by atoms with Crippen LogP contribution >= 0.6 is 0 Å². The first kappa shape index (κ1) is 15.0. The number of ether oxygens (including phenoxy) is 1. The second kappa shape index (κ2) is 7.38. The third kappa shape index (κ3) is 4.97. The molecule has 0 spiro atoms. The number of likely N-dealkylation sites (N-methyl/N-ethyl adjacent to an activating group) is 1. The van der Waals surface area contributed by atoms with E-state index in [0.717, 1.165) is 0 Å². The van der Waals surface area contributed by atoms with Crippen molar-refractivity contribution >= 4 is 0 Å². The third-order valence-electron chi connectivity index (χ3n) is 4.13. The molecule has 2 heteroatoms. The zero-order chi connectivity index (χ0) is 12.7. The summed E-state index contributed by atoms with van der Waals surface area (Å²) < 4.78 is 5.75. The summed E-state index contributed by atoms with van der Waals surface area (Å²) in [6.07, 6.45) is 12.9. The minimum Gasteiger partial charge on any atom is -0.350 e. The molecule has 1 fully saturated rings. The molecule has 0 saturated carbocycles. The fraction of sp³-hybridized carbons (Fsp3) is 1.00. The first-order chi connectivity index (χ1) is 8.11. The Morgan fingerprint density at radius 2 is 1.47 bits per heavy atom. The maximum atomic E-state index is 5.75. The van der Waals surface area contributed by atoms with Gasteiger partial charge >= 0.3 is 0 Å². The molecule has 1 heterocycles. The van der Waals surface area contributed by atoms with E-state index >= 15 is 0 Å². The number of hydrogen-bond donors (Lipinski definition) is 0. The van der Waals surface area contributed by atoms with Crippen LogP contribution in [0.2, 0.25) is 0 Å². The van der Waals surface area contributed by atoms with Crippen LogP contribution in [-0.2, 0) is 4.74 Å². The highest BCUT2D eigenvalue weighted by Crippen LogP contribution is 2.40. The Balaban J connectivity index is 1.86. The predicted octanol–water partition coefficient (Wildman–Crippen LogP) is 4.19. The Bertz CT molecular complexity index is 205. The van der Waals surface area contributed by atoms with Crippen LogP contribution in [0.5, 0.6) is 0 Å². The first-order valence-corrected chi connectivity index (χ1v) is 7.46. The van der Waals surface area contributed by atoms with E-state index in [9.17, 15) is 0 Å². The average molecular weight is 241 g/mol. The summed E-state index contributed by atoms with van der Waals surface area (Å²) in [5, 5.41) is 0. The van der Waals surface area contributed by atoms with E-state index < -0.39 is 0 Å². The molecule has 0 bridgehead atoms. The van der Waals surface area contributed by atoms with E-state index in [2.05, 4.69) is 32.8 Å². The van der Waals surface area contributed by atoms with Gasteiger partial charge in [-0.1, -0.05) is 58.3 Å². The Morgan fingerprint density at radius 3 is 1.94 bits per heavy atom. The molecule has 2 nitrogen and oxygen atoms in total. The van der Waals surface area contributed by atoms with Gasteiger partial charge in [-0.15, -0.1) is 0 Å². The molecule has 0 aliphatic carbocycles. The predicted molar refractivity (Wildman–Crippen MR) is 74.2 cm³/mol. The van der Waals surface area contributed by atoms with Crippen molar-refractivity contribution in [3.05, 3.63) is 0 Å². The summed E-state index contributed by atoms with van der Waals surface area (Å²) in [6.45, 7) is 4.47. The quantitative estimate of drug-likeness (QED) is 0.421. The summed E-state index contributed by atoms with van der Waals surface area (Å²) in [5.74, 6) is 0. The highest BCUT2D eigenvalue weighted by Gasteiger charge is 2.53. The van der Waals surface area contributed by atoms with Crippen LogP contribution in [0.3, 0.4) is 0 Å². The molecular weight excluding hydrogens is 210 g/mol. The van der Waals surface area contributed by atoms with E-state index in [1.807, 2.05) is 0 Å². The Morgan fingerprint density at radius 1 is 0.941 bits per heavy atom. The Labute approximate surface area is 108 Å². The standard InChI is InChI=1S/C15H31NO/c1-5-6-7-8-9-10-11-12-13-14-15(2,17-14)16(3)4/h14H,5-13H2,1-4H3. The van der Waals surface area contributed by atoms with Gasteiger partial charge in [0.2, 0.25) is 0 Å². The summed E-state index contributed by atoms with van der Waals surface area (Å²) in [6, 6.07) is 0. The lowest BCUT2D eigenvalue weighted by Gasteiger charge is -2.15. The zero-order valence-corrected chi connectivity index (χ0v) is 12.3. The lowest BCUT2D eigenvalue weighted by atomic mass is 10.0. The molecule has 1 saturated heterocycles. The molecule has 0 N–H and O–H groups in total. The molecule has 1 rings (SSSR count). The second-order valence-corrected chi connectivity index (χ2v) is 5.82. The van der Waals surface area contributed by atoms with Gasteiger partial charge in [0.25, 0.3) is 0 Å². The minimum absolute atomic E-state index is 0.0428. The van der Waals surface area contributed by atoms with Crippen LogP contribution in [0.1, 0.15) is 71.6 Å². The average Bonchev–Trinajstić information content (AvgIpc) is 2.95. The second-order valence-electron chi connectivity index (χ2n) is 5.82. The maximum absolute atomic E-state index is 5.75. The van der Waals surface area contributed by atoms with Crippen LogP contribution < -0.4 is 0 Å². The van der Waals surface area contributed by atoms with Gasteiger partial charge in [0.1, 0.15) is 11.8 Å². The van der Waals surface area contributed by atoms with Gasteiger partial charge < -0.3 is 4.74 Å². The lowest BCUT2D eigenvalue weighted by molar-refractivity contribution is 0.150. The van der Waals surface area contributed by atoms with Gasteiger partial charge in [0.15, 0.2) is 0 Å². The molecular formula is C15H31NO. The highest BCUT2D eigenvalue weighted by atomic mass is 16.6. The van der Waals surface area contributed by atoms with Crippen LogP contribution in [0.15, 0.2) is 0 Å². The van der Waals surface area contributed by atoms with Gasteiger partial charge in [0, 0.05) is 0 Å². The summed E-state index contributed by atoms with van der Waals surface area (Å²) in [7, 11) is 4.21. The van der Waals surface area contributed by atoms with Gasteiger partial charge in [-0.25, -0.2) is 0 Å². The minimum atomic E-state index is 0.0428. The molecule has 2 atom stereocenters. The first-order valence-electron chi connectivity index (χ1n) is 7.46. The highest BCUT2D eigenvalue weighted by molar-refractivity contribution is 4.95. The van der Waals surface area contributed by atoms with E-state index in [-0.39, 0.29) is 5.72 Å². The van der Waals surface area contributed by atoms with Gasteiger partial charge in [0.05, 0.1) is 0 Å². The largest absolute Gasteiger partial charge is 0.350 e. The van der Waals surface area contributed by atoms with Crippen molar-refractivity contribution in [3.8, 4) is 0 Å². The topological polar surface area (TPSA) is 15.8 Å². The van der Waals surface area contributed by atoms with E-state index in [0.29, 0.717) is 6.10 Å². The third-order valence-corrected chi connectivity index (χ3v) is 4.13. The van der Waals surface area contributed by atoms with E-state index in [4.69, 9.17) is 4.74 Å². The molecule has 1 aliphatic heterocycles. The molecule has 2 unspecified atom stereocenters. The smallest absolute Gasteiger partial charge is 0.145 e. The number of unbranched alkanes of at least 4 members (excludes halogenated alkanes) is 7. The van der Waals surface area contributed by atoms with Crippen molar-refractivity contribution in [3.63, 3.8) is 0 Å². The number of rotatable bonds is 10. The SMILES string of the molecule is CCCCCCCCCCC1OC1(C)N(C)C. The summed E-state index contributed by atoms with van der Waals surface area (Å²) in [4.78, 5) is 2.20. The Kier molecular flexibility index (Phi) is 6.50. The molecule has 102 valence electrons. The molecule has 17 heavy (non-hydrogen) atoms. The summed E-state index contributed by atoms with van der Waals surface area (Å²) in [5.41, 5.74) is 0.0428. The molecule has 0 aromatic heterocycles. The molecule has 0 aromatic carbocycles. The number of epoxide rings is 1. The van der Waals surface area contributed by atoms with Crippen LogP contribution in [0, 0.1) is 0 Å². The monoisotopic (exact) mass is 241 g/mol. The van der Waals surface area contributed by atoms with Crippen LogP contribution in [0.25, 0.3) is 0 Å². The van der Waals surface area contributed by atoms with Gasteiger partial charge in [-0.2, -0.15) is 0 Å². The van der Waals surface area contributed by atoms with Crippen molar-refractivity contribution < 1.29 is 4.74 Å². The van der Waals surface area contributed by atoms with Crippen LogP contribution in [-0.4, -0.2) is 30.8 Å². The van der Waals surface area contributed by atoms with Crippen molar-refractivity contribution in [1.29, 1.82) is 0 Å². The lowest BCUT2D eigenvalue weighted by Crippen LogP contribution is -2.30. The van der Waals surface area contributed by atoms with E-state index in [1.54, 1.807) is 0 Å². The number of nitrogens with zero attached hydrogens (tertiary/aromatic N) is 1. The molecule has 0 aromatic rings. The number of hydrogen-bond acceptors (Lipinski definition) is 2. The summed E-state index contributed by atoms with van der Waals surface area (Å²) >= 11 is 0. The molecule has 0 radical (unpaired) electrons. The fourth-order valence-electron chi connectivity index (χ4n) is 2.44. The van der Waals surface area contributed by atoms with Crippen molar-refractivity contribution in [2.75, 3.05) is 14.1 Å². The van der Waals surface area contributed by atoms with Gasteiger partial charge in [-0.3, -0.25) is 4.90 Å². The van der Waals surface area contributed by atoms with Crippen molar-refractivity contribution in [1.82, 2.24) is 4.90 Å². The van der Waals surface area contributed by atoms with Crippen molar-refractivity contribution in [2.45, 2.75) is 83.5 Å².